The maximum absolute atomic E-state index is 9.07. The van der Waals surface area contributed by atoms with Crippen LogP contribution in [-0.4, -0.2) is 30.9 Å². The SMILES string of the molecule is CCOc1ccc(CCCNC(CC)CO)cc1N. The first-order valence-corrected chi connectivity index (χ1v) is 7.06. The van der Waals surface area contributed by atoms with Crippen LogP contribution < -0.4 is 15.8 Å². The minimum Gasteiger partial charge on any atom is -0.492 e. The molecule has 0 fully saturated rings. The van der Waals surface area contributed by atoms with Crippen LogP contribution in [0.5, 0.6) is 5.75 Å². The quantitative estimate of drug-likeness (QED) is 0.472. The summed E-state index contributed by atoms with van der Waals surface area (Å²) in [4.78, 5) is 0. The van der Waals surface area contributed by atoms with Crippen molar-refractivity contribution in [1.82, 2.24) is 5.32 Å². The minimum atomic E-state index is 0.201. The summed E-state index contributed by atoms with van der Waals surface area (Å²) in [5.41, 5.74) is 7.85. The minimum absolute atomic E-state index is 0.201. The fraction of sp³-hybridized carbons (Fsp3) is 0.600. The molecule has 0 spiro atoms. The second-order valence-corrected chi connectivity index (χ2v) is 4.65. The maximum atomic E-state index is 9.07. The number of anilines is 1. The second-order valence-electron chi connectivity index (χ2n) is 4.65. The summed E-state index contributed by atoms with van der Waals surface area (Å²) < 4.78 is 5.41. The van der Waals surface area contributed by atoms with Crippen molar-refractivity contribution in [1.29, 1.82) is 0 Å². The van der Waals surface area contributed by atoms with Crippen LogP contribution in [0.4, 0.5) is 5.69 Å². The first kappa shape index (κ1) is 15.8. The number of ether oxygens (including phenoxy) is 1. The van der Waals surface area contributed by atoms with E-state index in [4.69, 9.17) is 15.6 Å². The molecular formula is C15H26N2O2. The Labute approximate surface area is 116 Å². The van der Waals surface area contributed by atoms with Crippen molar-refractivity contribution < 1.29 is 9.84 Å². The van der Waals surface area contributed by atoms with Crippen LogP contribution in [0.3, 0.4) is 0 Å². The summed E-state index contributed by atoms with van der Waals surface area (Å²) in [5, 5.41) is 12.4. The van der Waals surface area contributed by atoms with Gasteiger partial charge in [0.15, 0.2) is 0 Å². The van der Waals surface area contributed by atoms with Crippen molar-refractivity contribution in [3.63, 3.8) is 0 Å². The molecular weight excluding hydrogens is 240 g/mol. The van der Waals surface area contributed by atoms with Gasteiger partial charge >= 0.3 is 0 Å². The topological polar surface area (TPSA) is 67.5 Å². The highest BCUT2D eigenvalue weighted by Crippen LogP contribution is 2.22. The highest BCUT2D eigenvalue weighted by atomic mass is 16.5. The van der Waals surface area contributed by atoms with Gasteiger partial charge < -0.3 is 20.9 Å². The molecule has 108 valence electrons. The highest BCUT2D eigenvalue weighted by molar-refractivity contribution is 5.54. The number of hydrogen-bond donors (Lipinski definition) is 3. The Morgan fingerprint density at radius 2 is 2.16 bits per heavy atom. The summed E-state index contributed by atoms with van der Waals surface area (Å²) in [6, 6.07) is 6.19. The van der Waals surface area contributed by atoms with Crippen LogP contribution in [-0.2, 0) is 6.42 Å². The van der Waals surface area contributed by atoms with Gasteiger partial charge in [0.1, 0.15) is 5.75 Å². The first-order valence-electron chi connectivity index (χ1n) is 7.06. The molecule has 1 unspecified atom stereocenters. The Kier molecular flexibility index (Phi) is 7.30. The lowest BCUT2D eigenvalue weighted by atomic mass is 10.1. The van der Waals surface area contributed by atoms with E-state index in [1.54, 1.807) is 0 Å². The van der Waals surface area contributed by atoms with Crippen LogP contribution in [0, 0.1) is 0 Å². The molecule has 1 aromatic carbocycles. The van der Waals surface area contributed by atoms with E-state index in [2.05, 4.69) is 18.3 Å². The molecule has 1 atom stereocenters. The van der Waals surface area contributed by atoms with Gasteiger partial charge in [-0.25, -0.2) is 0 Å². The van der Waals surface area contributed by atoms with E-state index in [0.29, 0.717) is 12.3 Å². The van der Waals surface area contributed by atoms with Crippen LogP contribution in [0.2, 0.25) is 0 Å². The van der Waals surface area contributed by atoms with E-state index < -0.39 is 0 Å². The molecule has 0 saturated heterocycles. The predicted molar refractivity (Wildman–Crippen MR) is 79.5 cm³/mol. The van der Waals surface area contributed by atoms with Gasteiger partial charge in [0.05, 0.1) is 18.9 Å². The molecule has 0 bridgehead atoms. The third-order valence-corrected chi connectivity index (χ3v) is 3.16. The highest BCUT2D eigenvalue weighted by Gasteiger charge is 2.04. The van der Waals surface area contributed by atoms with Gasteiger partial charge in [-0.1, -0.05) is 13.0 Å². The molecule has 0 heterocycles. The summed E-state index contributed by atoms with van der Waals surface area (Å²) in [6.07, 6.45) is 2.96. The number of nitrogen functional groups attached to an aromatic ring is 1. The lowest BCUT2D eigenvalue weighted by Crippen LogP contribution is -2.32. The van der Waals surface area contributed by atoms with Gasteiger partial charge in [0.2, 0.25) is 0 Å². The third-order valence-electron chi connectivity index (χ3n) is 3.16. The van der Waals surface area contributed by atoms with Crippen molar-refractivity contribution in [2.75, 3.05) is 25.5 Å². The van der Waals surface area contributed by atoms with Crippen molar-refractivity contribution >= 4 is 5.69 Å². The molecule has 0 amide bonds. The molecule has 0 aromatic heterocycles. The summed E-state index contributed by atoms with van der Waals surface area (Å²) in [7, 11) is 0. The Balaban J connectivity index is 2.35. The lowest BCUT2D eigenvalue weighted by molar-refractivity contribution is 0.239. The molecule has 0 saturated carbocycles. The fourth-order valence-corrected chi connectivity index (χ4v) is 1.98. The largest absolute Gasteiger partial charge is 0.492 e. The molecule has 0 aliphatic carbocycles. The van der Waals surface area contributed by atoms with Crippen molar-refractivity contribution in [2.24, 2.45) is 0 Å². The molecule has 0 aliphatic rings. The molecule has 19 heavy (non-hydrogen) atoms. The summed E-state index contributed by atoms with van der Waals surface area (Å²) in [5.74, 6) is 0.760. The molecule has 0 aliphatic heterocycles. The number of nitrogens with two attached hydrogens (primary N) is 1. The Morgan fingerprint density at radius 3 is 2.74 bits per heavy atom. The number of aliphatic hydroxyl groups is 1. The number of nitrogens with one attached hydrogen (secondary N) is 1. The van der Waals surface area contributed by atoms with Gasteiger partial charge in [-0.15, -0.1) is 0 Å². The smallest absolute Gasteiger partial charge is 0.142 e. The van der Waals surface area contributed by atoms with Gasteiger partial charge in [0.25, 0.3) is 0 Å². The van der Waals surface area contributed by atoms with Gasteiger partial charge in [-0.05, 0) is 50.4 Å². The molecule has 1 rings (SSSR count). The van der Waals surface area contributed by atoms with Gasteiger partial charge in [0, 0.05) is 6.04 Å². The summed E-state index contributed by atoms with van der Waals surface area (Å²) in [6.45, 7) is 5.76. The van der Waals surface area contributed by atoms with Crippen molar-refractivity contribution in [2.45, 2.75) is 39.2 Å². The zero-order valence-corrected chi connectivity index (χ0v) is 12.0. The van der Waals surface area contributed by atoms with E-state index in [9.17, 15) is 0 Å². The predicted octanol–water partition coefficient (Wildman–Crippen LogP) is 1.96. The van der Waals surface area contributed by atoms with Crippen LogP contribution in [0.1, 0.15) is 32.3 Å². The molecule has 0 radical (unpaired) electrons. The number of hydrogen-bond acceptors (Lipinski definition) is 4. The Morgan fingerprint density at radius 1 is 1.37 bits per heavy atom. The number of rotatable bonds is 9. The third kappa shape index (κ3) is 5.49. The van der Waals surface area contributed by atoms with E-state index in [1.165, 1.54) is 5.56 Å². The standard InChI is InChI=1S/C15H26N2O2/c1-3-13(11-18)17-9-5-6-12-7-8-15(19-4-2)14(16)10-12/h7-8,10,13,17-18H,3-6,9,11,16H2,1-2H3. The normalized spacial score (nSPS) is 12.4. The fourth-order valence-electron chi connectivity index (χ4n) is 1.98. The maximum Gasteiger partial charge on any atom is 0.142 e. The van der Waals surface area contributed by atoms with E-state index >= 15 is 0 Å². The molecule has 4 heteroatoms. The average Bonchev–Trinajstić information content (AvgIpc) is 2.42. The zero-order chi connectivity index (χ0) is 14.1. The average molecular weight is 266 g/mol. The molecule has 4 nitrogen and oxygen atoms in total. The van der Waals surface area contributed by atoms with Crippen molar-refractivity contribution in [3.8, 4) is 5.75 Å². The zero-order valence-electron chi connectivity index (χ0n) is 12.0. The number of aryl methyl sites for hydroxylation is 1. The van der Waals surface area contributed by atoms with Gasteiger partial charge in [-0.3, -0.25) is 0 Å². The molecule has 1 aromatic rings. The van der Waals surface area contributed by atoms with E-state index in [-0.39, 0.29) is 12.6 Å². The lowest BCUT2D eigenvalue weighted by Gasteiger charge is -2.14. The Hall–Kier alpha value is -1.26. The monoisotopic (exact) mass is 266 g/mol. The van der Waals surface area contributed by atoms with E-state index in [0.717, 1.165) is 31.6 Å². The second kappa shape index (κ2) is 8.77. The van der Waals surface area contributed by atoms with Crippen LogP contribution in [0.15, 0.2) is 18.2 Å². The van der Waals surface area contributed by atoms with Gasteiger partial charge in [-0.2, -0.15) is 0 Å². The summed E-state index contributed by atoms with van der Waals surface area (Å²) >= 11 is 0. The van der Waals surface area contributed by atoms with Crippen LogP contribution in [0.25, 0.3) is 0 Å². The molecule has 4 N–H and O–H groups in total. The van der Waals surface area contributed by atoms with E-state index in [1.807, 2.05) is 19.1 Å². The van der Waals surface area contributed by atoms with Crippen LogP contribution >= 0.6 is 0 Å². The van der Waals surface area contributed by atoms with Crippen molar-refractivity contribution in [3.05, 3.63) is 23.8 Å². The number of aliphatic hydroxyl groups excluding tert-OH is 1. The number of benzene rings is 1. The first-order chi connectivity index (χ1) is 9.21. The Bertz CT molecular complexity index is 365.